The van der Waals surface area contributed by atoms with Gasteiger partial charge in [-0.25, -0.2) is 13.6 Å². The Labute approximate surface area is 146 Å². The number of aldehydes is 1. The van der Waals surface area contributed by atoms with Crippen LogP contribution in [-0.4, -0.2) is 41.5 Å². The molecule has 1 aromatic rings. The third-order valence-corrected chi connectivity index (χ3v) is 4.18. The van der Waals surface area contributed by atoms with Crippen molar-refractivity contribution in [1.29, 1.82) is 0 Å². The maximum absolute atomic E-state index is 13.4. The number of benzene rings is 1. The van der Waals surface area contributed by atoms with Gasteiger partial charge in [-0.15, -0.1) is 0 Å². The van der Waals surface area contributed by atoms with E-state index >= 15 is 0 Å². The van der Waals surface area contributed by atoms with E-state index in [2.05, 4.69) is 5.32 Å². The second kappa shape index (κ2) is 7.37. The number of nitrogens with zero attached hydrogens (tertiary/aromatic N) is 1. The molecule has 0 radical (unpaired) electrons. The Morgan fingerprint density at radius 3 is 2.44 bits per heavy atom. The van der Waals surface area contributed by atoms with Crippen LogP contribution in [-0.2, 0) is 9.53 Å². The molecule has 0 atom stereocenters. The van der Waals surface area contributed by atoms with Crippen LogP contribution in [0.3, 0.4) is 0 Å². The summed E-state index contributed by atoms with van der Waals surface area (Å²) in [6.07, 6.45) is 1.64. The molecule has 2 rings (SSSR count). The molecule has 1 amide bonds. The largest absolute Gasteiger partial charge is 0.444 e. The molecule has 1 aromatic carbocycles. The van der Waals surface area contributed by atoms with Crippen molar-refractivity contribution in [2.24, 2.45) is 0 Å². The fourth-order valence-electron chi connectivity index (χ4n) is 2.86. The smallest absolute Gasteiger partial charge is 0.410 e. The van der Waals surface area contributed by atoms with Crippen LogP contribution >= 0.6 is 0 Å². The van der Waals surface area contributed by atoms with Crippen molar-refractivity contribution < 1.29 is 23.1 Å². The van der Waals surface area contributed by atoms with Crippen LogP contribution in [0, 0.1) is 11.6 Å². The van der Waals surface area contributed by atoms with E-state index in [1.54, 1.807) is 25.7 Å². The van der Waals surface area contributed by atoms with Crippen molar-refractivity contribution in [3.63, 3.8) is 0 Å². The summed E-state index contributed by atoms with van der Waals surface area (Å²) in [5.74, 6) is -1.87. The predicted octanol–water partition coefficient (Wildman–Crippen LogP) is 3.74. The van der Waals surface area contributed by atoms with E-state index in [9.17, 15) is 18.4 Å². The highest BCUT2D eigenvalue weighted by Gasteiger charge is 2.37. The molecule has 0 aliphatic carbocycles. The maximum atomic E-state index is 13.4. The van der Waals surface area contributed by atoms with Crippen LogP contribution in [0.1, 0.15) is 40.0 Å². The topological polar surface area (TPSA) is 58.6 Å². The minimum Gasteiger partial charge on any atom is -0.444 e. The van der Waals surface area contributed by atoms with Crippen molar-refractivity contribution in [2.45, 2.75) is 51.2 Å². The minimum atomic E-state index is -0.947. The van der Waals surface area contributed by atoms with Gasteiger partial charge in [0.15, 0.2) is 11.6 Å². The first-order valence-electron chi connectivity index (χ1n) is 8.29. The summed E-state index contributed by atoms with van der Waals surface area (Å²) < 4.78 is 31.9. The molecular formula is C18H24F2N2O3. The van der Waals surface area contributed by atoms with Gasteiger partial charge in [-0.1, -0.05) is 0 Å². The van der Waals surface area contributed by atoms with Crippen molar-refractivity contribution in [1.82, 2.24) is 4.90 Å². The van der Waals surface area contributed by atoms with Gasteiger partial charge in [0, 0.05) is 36.8 Å². The second-order valence-corrected chi connectivity index (χ2v) is 7.37. The fraction of sp³-hybridized carbons (Fsp3) is 0.556. The van der Waals surface area contributed by atoms with E-state index in [4.69, 9.17) is 4.74 Å². The van der Waals surface area contributed by atoms with E-state index in [1.165, 1.54) is 6.07 Å². The van der Waals surface area contributed by atoms with Crippen LogP contribution in [0.25, 0.3) is 0 Å². The highest BCUT2D eigenvalue weighted by molar-refractivity contribution is 5.68. The Morgan fingerprint density at radius 2 is 1.92 bits per heavy atom. The summed E-state index contributed by atoms with van der Waals surface area (Å²) in [5.41, 5.74) is -0.755. The highest BCUT2D eigenvalue weighted by atomic mass is 19.2. The zero-order valence-electron chi connectivity index (χ0n) is 14.8. The first-order valence-corrected chi connectivity index (χ1v) is 8.29. The summed E-state index contributed by atoms with van der Waals surface area (Å²) in [6, 6.07) is 3.55. The summed E-state index contributed by atoms with van der Waals surface area (Å²) in [7, 11) is 0. The normalized spacial score (nSPS) is 17.1. The van der Waals surface area contributed by atoms with E-state index in [1.807, 2.05) is 0 Å². The zero-order chi connectivity index (χ0) is 18.7. The maximum Gasteiger partial charge on any atom is 0.410 e. The molecule has 1 aliphatic heterocycles. The average Bonchev–Trinajstić information content (AvgIpc) is 2.50. The van der Waals surface area contributed by atoms with Crippen LogP contribution in [0.4, 0.5) is 19.3 Å². The number of carbonyl (C=O) groups is 2. The summed E-state index contributed by atoms with van der Waals surface area (Å²) >= 11 is 0. The van der Waals surface area contributed by atoms with E-state index < -0.39 is 22.8 Å². The zero-order valence-corrected chi connectivity index (χ0v) is 14.8. The van der Waals surface area contributed by atoms with Crippen LogP contribution in [0.5, 0.6) is 0 Å². The SMILES string of the molecule is CC(C)(C)OC(=O)N1CCC(CC=O)(Nc2ccc(F)c(F)c2)CC1. The molecule has 0 spiro atoms. The van der Waals surface area contributed by atoms with Gasteiger partial charge >= 0.3 is 6.09 Å². The highest BCUT2D eigenvalue weighted by Crippen LogP contribution is 2.30. The Bertz CT molecular complexity index is 636. The number of halogens is 2. The number of carbonyl (C=O) groups excluding carboxylic acids is 2. The number of ether oxygens (including phenoxy) is 1. The number of amides is 1. The molecule has 0 saturated carbocycles. The van der Waals surface area contributed by atoms with Crippen LogP contribution < -0.4 is 5.32 Å². The van der Waals surface area contributed by atoms with Crippen LogP contribution in [0.2, 0.25) is 0 Å². The molecule has 1 aliphatic rings. The third kappa shape index (κ3) is 5.14. The molecule has 0 unspecified atom stereocenters. The van der Waals surface area contributed by atoms with Gasteiger partial charge in [-0.2, -0.15) is 0 Å². The van der Waals surface area contributed by atoms with E-state index in [0.29, 0.717) is 31.6 Å². The van der Waals surface area contributed by atoms with Crippen LogP contribution in [0.15, 0.2) is 18.2 Å². The quantitative estimate of drug-likeness (QED) is 0.837. The predicted molar refractivity (Wildman–Crippen MR) is 90.4 cm³/mol. The molecule has 0 aromatic heterocycles. The number of hydrogen-bond donors (Lipinski definition) is 1. The minimum absolute atomic E-state index is 0.216. The molecule has 1 heterocycles. The first-order chi connectivity index (χ1) is 11.6. The lowest BCUT2D eigenvalue weighted by Crippen LogP contribution is -2.51. The van der Waals surface area contributed by atoms with E-state index in [-0.39, 0.29) is 12.5 Å². The molecule has 1 N–H and O–H groups in total. The van der Waals surface area contributed by atoms with Gasteiger partial charge in [-0.3, -0.25) is 0 Å². The number of piperidine rings is 1. The Balaban J connectivity index is 2.06. The van der Waals surface area contributed by atoms with Crippen molar-refractivity contribution in [2.75, 3.05) is 18.4 Å². The monoisotopic (exact) mass is 354 g/mol. The molecular weight excluding hydrogens is 330 g/mol. The summed E-state index contributed by atoms with van der Waals surface area (Å²) in [5, 5.41) is 3.15. The standard InChI is InChI=1S/C18H24F2N2O3/c1-17(2,3)25-16(24)22-9-6-18(7-10-22,8-11-23)21-13-4-5-14(19)15(20)12-13/h4-5,11-12,21H,6-10H2,1-3H3. The van der Waals surface area contributed by atoms with Crippen molar-refractivity contribution in [3.8, 4) is 0 Å². The fourth-order valence-corrected chi connectivity index (χ4v) is 2.86. The molecule has 25 heavy (non-hydrogen) atoms. The van der Waals surface area contributed by atoms with Gasteiger partial charge in [0.05, 0.1) is 0 Å². The summed E-state index contributed by atoms with van der Waals surface area (Å²) in [6.45, 7) is 6.24. The lowest BCUT2D eigenvalue weighted by molar-refractivity contribution is -0.109. The second-order valence-electron chi connectivity index (χ2n) is 7.37. The molecule has 5 nitrogen and oxygen atoms in total. The number of anilines is 1. The molecule has 0 bridgehead atoms. The number of nitrogens with one attached hydrogen (secondary N) is 1. The van der Waals surface area contributed by atoms with Gasteiger partial charge in [0.25, 0.3) is 0 Å². The molecule has 138 valence electrons. The molecule has 1 saturated heterocycles. The molecule has 7 heteroatoms. The Kier molecular flexibility index (Phi) is 5.65. The van der Waals surface area contributed by atoms with Gasteiger partial charge in [0.2, 0.25) is 0 Å². The summed E-state index contributed by atoms with van der Waals surface area (Å²) in [4.78, 5) is 24.9. The molecule has 1 fully saturated rings. The van der Waals surface area contributed by atoms with Crippen molar-refractivity contribution >= 4 is 18.1 Å². The van der Waals surface area contributed by atoms with E-state index in [0.717, 1.165) is 18.4 Å². The van der Waals surface area contributed by atoms with Crippen molar-refractivity contribution in [3.05, 3.63) is 29.8 Å². The number of hydrogen-bond acceptors (Lipinski definition) is 4. The van der Waals surface area contributed by atoms with Gasteiger partial charge in [0.1, 0.15) is 11.9 Å². The first kappa shape index (κ1) is 19.1. The van der Waals surface area contributed by atoms with Gasteiger partial charge < -0.3 is 19.7 Å². The Hall–Kier alpha value is -2.18. The lowest BCUT2D eigenvalue weighted by atomic mass is 9.84. The number of likely N-dealkylation sites (tertiary alicyclic amines) is 1. The van der Waals surface area contributed by atoms with Gasteiger partial charge in [-0.05, 0) is 45.7 Å². The Morgan fingerprint density at radius 1 is 1.28 bits per heavy atom. The number of rotatable bonds is 4. The average molecular weight is 354 g/mol. The lowest BCUT2D eigenvalue weighted by Gasteiger charge is -2.42. The third-order valence-electron chi connectivity index (χ3n) is 4.18.